The Morgan fingerprint density at radius 3 is 2.09 bits per heavy atom. The first-order chi connectivity index (χ1) is 10.6. The van der Waals surface area contributed by atoms with E-state index in [9.17, 15) is 8.42 Å². The average Bonchev–Trinajstić information content (AvgIpc) is 2.56. The van der Waals surface area contributed by atoms with E-state index in [-0.39, 0.29) is 4.90 Å². The fourth-order valence-electron chi connectivity index (χ4n) is 2.01. The lowest BCUT2D eigenvalue weighted by Crippen LogP contribution is -2.12. The van der Waals surface area contributed by atoms with Gasteiger partial charge in [-0.15, -0.1) is 0 Å². The van der Waals surface area contributed by atoms with Gasteiger partial charge in [-0.2, -0.15) is 0 Å². The largest absolute Gasteiger partial charge is 0.278 e. The Balaban J connectivity index is 1.86. The SMILES string of the molecule is O=S(=O)(Nc1cccnc1)c1ccc(-c2ccncc2)cc1. The zero-order valence-corrected chi connectivity index (χ0v) is 12.4. The molecule has 3 rings (SSSR count). The minimum absolute atomic E-state index is 0.203. The molecular weight excluding hydrogens is 298 g/mol. The third-order valence-corrected chi connectivity index (χ3v) is 4.49. The Bertz CT molecular complexity index is 849. The lowest BCUT2D eigenvalue weighted by atomic mass is 10.1. The molecule has 1 N–H and O–H groups in total. The highest BCUT2D eigenvalue weighted by atomic mass is 32.2. The maximum atomic E-state index is 12.3. The second-order valence-corrected chi connectivity index (χ2v) is 6.29. The first kappa shape index (κ1) is 14.2. The van der Waals surface area contributed by atoms with Crippen LogP contribution in [0.3, 0.4) is 0 Å². The van der Waals surface area contributed by atoms with Gasteiger partial charge in [0, 0.05) is 18.6 Å². The second-order valence-electron chi connectivity index (χ2n) is 4.61. The van der Waals surface area contributed by atoms with E-state index in [0.717, 1.165) is 11.1 Å². The zero-order valence-electron chi connectivity index (χ0n) is 11.5. The zero-order chi connectivity index (χ0) is 15.4. The molecule has 0 atom stereocenters. The van der Waals surface area contributed by atoms with Crippen LogP contribution < -0.4 is 4.72 Å². The van der Waals surface area contributed by atoms with E-state index < -0.39 is 10.0 Å². The maximum Gasteiger partial charge on any atom is 0.261 e. The summed E-state index contributed by atoms with van der Waals surface area (Å²) in [7, 11) is -3.61. The normalized spacial score (nSPS) is 11.1. The summed E-state index contributed by atoms with van der Waals surface area (Å²) < 4.78 is 27.1. The molecule has 0 saturated heterocycles. The number of sulfonamides is 1. The first-order valence-electron chi connectivity index (χ1n) is 6.58. The van der Waals surface area contributed by atoms with Crippen molar-refractivity contribution in [2.24, 2.45) is 0 Å². The fraction of sp³-hybridized carbons (Fsp3) is 0. The standard InChI is InChI=1S/C16H13N3O2S/c20-22(21,19-15-2-1-9-18-12-15)16-5-3-13(4-6-16)14-7-10-17-11-8-14/h1-12,19H. The molecule has 0 fully saturated rings. The highest BCUT2D eigenvalue weighted by Gasteiger charge is 2.14. The van der Waals surface area contributed by atoms with Gasteiger partial charge in [0.05, 0.1) is 16.8 Å². The number of nitrogens with zero attached hydrogens (tertiary/aromatic N) is 2. The van der Waals surface area contributed by atoms with Gasteiger partial charge in [0.15, 0.2) is 0 Å². The van der Waals surface area contributed by atoms with Crippen LogP contribution in [0.2, 0.25) is 0 Å². The maximum absolute atomic E-state index is 12.3. The van der Waals surface area contributed by atoms with Crippen molar-refractivity contribution in [2.45, 2.75) is 4.90 Å². The molecule has 0 aliphatic carbocycles. The predicted molar refractivity (Wildman–Crippen MR) is 84.7 cm³/mol. The van der Waals surface area contributed by atoms with Crippen molar-refractivity contribution in [3.63, 3.8) is 0 Å². The van der Waals surface area contributed by atoms with Crippen molar-refractivity contribution < 1.29 is 8.42 Å². The molecule has 0 saturated carbocycles. The van der Waals surface area contributed by atoms with Crippen LogP contribution in [0.1, 0.15) is 0 Å². The molecule has 6 heteroatoms. The Morgan fingerprint density at radius 2 is 1.45 bits per heavy atom. The quantitative estimate of drug-likeness (QED) is 0.804. The summed E-state index contributed by atoms with van der Waals surface area (Å²) in [6, 6.07) is 13.8. The van der Waals surface area contributed by atoms with Crippen LogP contribution in [0.4, 0.5) is 5.69 Å². The van der Waals surface area contributed by atoms with E-state index in [1.807, 2.05) is 12.1 Å². The Labute approximate surface area is 128 Å². The summed E-state index contributed by atoms with van der Waals surface area (Å²) in [5.41, 5.74) is 2.35. The topological polar surface area (TPSA) is 72.0 Å². The van der Waals surface area contributed by atoms with Gasteiger partial charge in [0.25, 0.3) is 10.0 Å². The molecule has 2 heterocycles. The van der Waals surface area contributed by atoms with Gasteiger partial charge in [0.2, 0.25) is 0 Å². The molecule has 1 aromatic carbocycles. The molecule has 3 aromatic rings. The summed E-state index contributed by atoms with van der Waals surface area (Å²) in [6.07, 6.45) is 6.44. The van der Waals surface area contributed by atoms with Crippen LogP contribution in [-0.2, 0) is 10.0 Å². The third kappa shape index (κ3) is 3.12. The molecule has 0 spiro atoms. The number of nitrogens with one attached hydrogen (secondary N) is 1. The average molecular weight is 311 g/mol. The molecule has 0 bridgehead atoms. The van der Waals surface area contributed by atoms with Gasteiger partial charge in [-0.05, 0) is 47.5 Å². The number of rotatable bonds is 4. The van der Waals surface area contributed by atoms with E-state index in [1.165, 1.54) is 6.20 Å². The Morgan fingerprint density at radius 1 is 0.773 bits per heavy atom. The molecule has 0 radical (unpaired) electrons. The predicted octanol–water partition coefficient (Wildman–Crippen LogP) is 2.94. The van der Waals surface area contributed by atoms with Crippen molar-refractivity contribution in [2.75, 3.05) is 4.72 Å². The monoisotopic (exact) mass is 311 g/mol. The number of anilines is 1. The molecule has 110 valence electrons. The van der Waals surface area contributed by atoms with Crippen molar-refractivity contribution in [1.29, 1.82) is 0 Å². The molecule has 0 amide bonds. The Hall–Kier alpha value is -2.73. The van der Waals surface area contributed by atoms with Gasteiger partial charge in [-0.25, -0.2) is 8.42 Å². The fourth-order valence-corrected chi connectivity index (χ4v) is 3.05. The molecule has 0 aliphatic heterocycles. The Kier molecular flexibility index (Phi) is 3.84. The van der Waals surface area contributed by atoms with Crippen molar-refractivity contribution in [3.05, 3.63) is 73.3 Å². The lowest BCUT2D eigenvalue weighted by molar-refractivity contribution is 0.601. The summed E-state index contributed by atoms with van der Waals surface area (Å²) in [4.78, 5) is 8.05. The van der Waals surface area contributed by atoms with Gasteiger partial charge >= 0.3 is 0 Å². The van der Waals surface area contributed by atoms with E-state index in [1.54, 1.807) is 55.0 Å². The number of aromatic nitrogens is 2. The van der Waals surface area contributed by atoms with E-state index >= 15 is 0 Å². The lowest BCUT2D eigenvalue weighted by Gasteiger charge is -2.08. The number of pyridine rings is 2. The smallest absolute Gasteiger partial charge is 0.261 e. The minimum Gasteiger partial charge on any atom is -0.278 e. The minimum atomic E-state index is -3.61. The summed E-state index contributed by atoms with van der Waals surface area (Å²) in [6.45, 7) is 0. The number of hydrogen-bond acceptors (Lipinski definition) is 4. The van der Waals surface area contributed by atoms with E-state index in [4.69, 9.17) is 0 Å². The van der Waals surface area contributed by atoms with Gasteiger partial charge in [-0.3, -0.25) is 14.7 Å². The molecule has 22 heavy (non-hydrogen) atoms. The highest BCUT2D eigenvalue weighted by Crippen LogP contribution is 2.21. The number of hydrogen-bond donors (Lipinski definition) is 1. The van der Waals surface area contributed by atoms with Gasteiger partial charge < -0.3 is 0 Å². The van der Waals surface area contributed by atoms with Crippen LogP contribution in [0.15, 0.2) is 78.2 Å². The molecule has 2 aromatic heterocycles. The van der Waals surface area contributed by atoms with Crippen LogP contribution in [0.25, 0.3) is 11.1 Å². The van der Waals surface area contributed by atoms with Crippen LogP contribution in [0.5, 0.6) is 0 Å². The second kappa shape index (κ2) is 5.95. The number of benzene rings is 1. The summed E-state index contributed by atoms with van der Waals surface area (Å²) >= 11 is 0. The van der Waals surface area contributed by atoms with Crippen LogP contribution in [-0.4, -0.2) is 18.4 Å². The van der Waals surface area contributed by atoms with Crippen LogP contribution in [0, 0.1) is 0 Å². The van der Waals surface area contributed by atoms with Crippen LogP contribution >= 0.6 is 0 Å². The van der Waals surface area contributed by atoms with Crippen molar-refractivity contribution in [1.82, 2.24) is 9.97 Å². The molecule has 5 nitrogen and oxygen atoms in total. The van der Waals surface area contributed by atoms with E-state index in [0.29, 0.717) is 5.69 Å². The van der Waals surface area contributed by atoms with Crippen molar-refractivity contribution in [3.8, 4) is 11.1 Å². The molecule has 0 unspecified atom stereocenters. The summed E-state index contributed by atoms with van der Waals surface area (Å²) in [5, 5.41) is 0. The first-order valence-corrected chi connectivity index (χ1v) is 8.07. The highest BCUT2D eigenvalue weighted by molar-refractivity contribution is 7.92. The third-order valence-electron chi connectivity index (χ3n) is 3.09. The van der Waals surface area contributed by atoms with Crippen molar-refractivity contribution >= 4 is 15.7 Å². The van der Waals surface area contributed by atoms with E-state index in [2.05, 4.69) is 14.7 Å². The molecule has 0 aliphatic rings. The van der Waals surface area contributed by atoms with Gasteiger partial charge in [0.1, 0.15) is 0 Å². The summed E-state index contributed by atoms with van der Waals surface area (Å²) in [5.74, 6) is 0. The van der Waals surface area contributed by atoms with Gasteiger partial charge in [-0.1, -0.05) is 12.1 Å². The molecular formula is C16H13N3O2S.